The van der Waals surface area contributed by atoms with Gasteiger partial charge in [0.15, 0.2) is 22.3 Å². The number of hydrogen-bond acceptors (Lipinski definition) is 6. The van der Waals surface area contributed by atoms with E-state index in [1.165, 1.54) is 6.07 Å². The molecule has 1 fully saturated rings. The van der Waals surface area contributed by atoms with Crippen molar-refractivity contribution in [3.05, 3.63) is 57.6 Å². The average molecular weight is 429 g/mol. The lowest BCUT2D eigenvalue weighted by Crippen LogP contribution is -2.64. The second kappa shape index (κ2) is 7.64. The van der Waals surface area contributed by atoms with Gasteiger partial charge in [-0.05, 0) is 49.3 Å². The van der Waals surface area contributed by atoms with Crippen molar-refractivity contribution >= 4 is 23.0 Å². The van der Waals surface area contributed by atoms with Crippen LogP contribution in [-0.2, 0) is 6.42 Å². The summed E-state index contributed by atoms with van der Waals surface area (Å²) in [4.78, 5) is 12.8. The van der Waals surface area contributed by atoms with Crippen LogP contribution in [0.4, 0.5) is 5.69 Å². The van der Waals surface area contributed by atoms with Gasteiger partial charge < -0.3 is 24.4 Å². The maximum absolute atomic E-state index is 11.1. The number of thiocarbonyl (C=S) groups is 1. The highest BCUT2D eigenvalue weighted by Crippen LogP contribution is 2.45. The fourth-order valence-electron chi connectivity index (χ4n) is 4.13. The van der Waals surface area contributed by atoms with Crippen molar-refractivity contribution in [3.63, 3.8) is 0 Å². The summed E-state index contributed by atoms with van der Waals surface area (Å²) in [5, 5.41) is 15.0. The second-order valence-corrected chi connectivity index (χ2v) is 7.94. The Bertz CT molecular complexity index is 1010. The highest BCUT2D eigenvalue weighted by Gasteiger charge is 2.47. The lowest BCUT2D eigenvalue weighted by molar-refractivity contribution is -0.385. The van der Waals surface area contributed by atoms with E-state index in [1.807, 2.05) is 30.0 Å². The van der Waals surface area contributed by atoms with Crippen molar-refractivity contribution in [2.24, 2.45) is 0 Å². The molecular formula is C21H23N3O5S. The maximum atomic E-state index is 11.1. The van der Waals surface area contributed by atoms with Gasteiger partial charge in [0.25, 0.3) is 5.69 Å². The second-order valence-electron chi connectivity index (χ2n) is 7.55. The summed E-state index contributed by atoms with van der Waals surface area (Å²) < 4.78 is 17.0. The summed E-state index contributed by atoms with van der Waals surface area (Å²) in [6.45, 7) is 2.65. The molecule has 2 aromatic rings. The third-order valence-corrected chi connectivity index (χ3v) is 6.02. The average Bonchev–Trinajstić information content (AvgIpc) is 2.72. The molecule has 2 aliphatic rings. The van der Waals surface area contributed by atoms with Gasteiger partial charge in [-0.1, -0.05) is 6.07 Å². The van der Waals surface area contributed by atoms with Gasteiger partial charge in [-0.25, -0.2) is 0 Å². The minimum absolute atomic E-state index is 0.0459. The number of rotatable bonds is 6. The molecule has 0 amide bonds. The quantitative estimate of drug-likeness (QED) is 0.424. The van der Waals surface area contributed by atoms with E-state index in [9.17, 15) is 10.1 Å². The third-order valence-electron chi connectivity index (χ3n) is 5.68. The van der Waals surface area contributed by atoms with Crippen LogP contribution in [0.1, 0.15) is 30.5 Å². The zero-order chi connectivity index (χ0) is 21.5. The molecule has 158 valence electrons. The highest BCUT2D eigenvalue weighted by molar-refractivity contribution is 7.80. The van der Waals surface area contributed by atoms with Crippen LogP contribution in [0.3, 0.4) is 0 Å². The van der Waals surface area contributed by atoms with E-state index in [0.29, 0.717) is 35.3 Å². The Morgan fingerprint density at radius 1 is 1.27 bits per heavy atom. The number of ether oxygens (including phenoxy) is 3. The Morgan fingerprint density at radius 3 is 2.73 bits per heavy atom. The van der Waals surface area contributed by atoms with E-state index in [0.717, 1.165) is 17.5 Å². The van der Waals surface area contributed by atoms with Crippen LogP contribution in [0.2, 0.25) is 0 Å². The molecule has 2 aromatic carbocycles. The third kappa shape index (κ3) is 3.49. The lowest BCUT2D eigenvalue weighted by atomic mass is 9.90. The van der Waals surface area contributed by atoms with E-state index in [4.69, 9.17) is 26.4 Å². The van der Waals surface area contributed by atoms with E-state index >= 15 is 0 Å². The summed E-state index contributed by atoms with van der Waals surface area (Å²) in [6, 6.07) is 10.4. The van der Waals surface area contributed by atoms with Gasteiger partial charge in [0.1, 0.15) is 5.75 Å². The van der Waals surface area contributed by atoms with E-state index < -0.39 is 10.6 Å². The van der Waals surface area contributed by atoms with Crippen molar-refractivity contribution in [1.82, 2.24) is 10.2 Å². The first-order valence-electron chi connectivity index (χ1n) is 9.61. The molecule has 0 unspecified atom stereocenters. The minimum Gasteiger partial charge on any atom is -0.493 e. The SMILES string of the molecule is COc1ccc(CCN2C(=S)N[C@H]3C[C@]2(C)Oc2ccc([N+](=O)[O-])cc23)cc1OC. The minimum atomic E-state index is -0.632. The van der Waals surface area contributed by atoms with Crippen LogP contribution in [0.5, 0.6) is 17.2 Å². The van der Waals surface area contributed by atoms with Gasteiger partial charge in [-0.15, -0.1) is 0 Å². The van der Waals surface area contributed by atoms with Crippen LogP contribution >= 0.6 is 12.2 Å². The van der Waals surface area contributed by atoms with Crippen LogP contribution in [0.25, 0.3) is 0 Å². The van der Waals surface area contributed by atoms with Crippen molar-refractivity contribution in [1.29, 1.82) is 0 Å². The number of nitro groups is 1. The summed E-state index contributed by atoms with van der Waals surface area (Å²) in [5.74, 6) is 2.02. The zero-order valence-electron chi connectivity index (χ0n) is 17.0. The highest BCUT2D eigenvalue weighted by atomic mass is 32.1. The largest absolute Gasteiger partial charge is 0.493 e. The molecular weight excluding hydrogens is 406 g/mol. The van der Waals surface area contributed by atoms with E-state index in [-0.39, 0.29) is 11.7 Å². The number of nitro benzene ring substituents is 1. The first kappa shape index (κ1) is 20.2. The maximum Gasteiger partial charge on any atom is 0.270 e. The number of benzene rings is 2. The molecule has 0 aliphatic carbocycles. The molecule has 9 heteroatoms. The number of non-ortho nitro benzene ring substituents is 1. The predicted octanol–water partition coefficient (Wildman–Crippen LogP) is 3.58. The molecule has 2 bridgehead atoms. The van der Waals surface area contributed by atoms with E-state index in [2.05, 4.69) is 5.32 Å². The molecule has 2 atom stereocenters. The first-order valence-corrected chi connectivity index (χ1v) is 10.0. The molecule has 0 saturated carbocycles. The molecule has 0 radical (unpaired) electrons. The van der Waals surface area contributed by atoms with Crippen LogP contribution in [0, 0.1) is 10.1 Å². The van der Waals surface area contributed by atoms with Crippen molar-refractivity contribution in [3.8, 4) is 17.2 Å². The molecule has 1 N–H and O–H groups in total. The molecule has 2 heterocycles. The summed E-state index contributed by atoms with van der Waals surface area (Å²) in [5.41, 5.74) is 1.27. The number of hydrogen-bond donors (Lipinski definition) is 1. The van der Waals surface area contributed by atoms with Crippen molar-refractivity contribution < 1.29 is 19.1 Å². The molecule has 0 spiro atoms. The van der Waals surface area contributed by atoms with E-state index in [1.54, 1.807) is 26.4 Å². The van der Waals surface area contributed by atoms with Crippen LogP contribution in [-0.4, -0.2) is 41.4 Å². The molecule has 8 nitrogen and oxygen atoms in total. The Kier molecular flexibility index (Phi) is 5.15. The molecule has 30 heavy (non-hydrogen) atoms. The van der Waals surface area contributed by atoms with Gasteiger partial charge in [0.05, 0.1) is 25.2 Å². The normalized spacial score (nSPS) is 21.9. The van der Waals surface area contributed by atoms with Gasteiger partial charge in [0, 0.05) is 30.7 Å². The first-order chi connectivity index (χ1) is 14.3. The Labute approximate surface area is 179 Å². The summed E-state index contributed by atoms with van der Waals surface area (Å²) >= 11 is 5.63. The number of nitrogens with one attached hydrogen (secondary N) is 1. The smallest absolute Gasteiger partial charge is 0.270 e. The monoisotopic (exact) mass is 429 g/mol. The van der Waals surface area contributed by atoms with Gasteiger partial charge in [-0.2, -0.15) is 0 Å². The molecule has 1 saturated heterocycles. The Balaban J connectivity index is 1.55. The van der Waals surface area contributed by atoms with Crippen LogP contribution in [0.15, 0.2) is 36.4 Å². The number of nitrogens with zero attached hydrogens (tertiary/aromatic N) is 2. The van der Waals surface area contributed by atoms with Gasteiger partial charge in [-0.3, -0.25) is 10.1 Å². The summed E-state index contributed by atoms with van der Waals surface area (Å²) in [7, 11) is 3.23. The number of methoxy groups -OCH3 is 2. The fraction of sp³-hybridized carbons (Fsp3) is 0.381. The Morgan fingerprint density at radius 2 is 2.03 bits per heavy atom. The predicted molar refractivity (Wildman–Crippen MR) is 115 cm³/mol. The van der Waals surface area contributed by atoms with Gasteiger partial charge >= 0.3 is 0 Å². The lowest BCUT2D eigenvalue weighted by Gasteiger charge is -2.52. The Hall–Kier alpha value is -3.07. The van der Waals surface area contributed by atoms with Crippen molar-refractivity contribution in [2.45, 2.75) is 31.5 Å². The molecule has 4 rings (SSSR count). The fourth-order valence-corrected chi connectivity index (χ4v) is 4.56. The molecule has 2 aliphatic heterocycles. The van der Waals surface area contributed by atoms with Gasteiger partial charge in [0.2, 0.25) is 0 Å². The molecule has 0 aromatic heterocycles. The zero-order valence-corrected chi connectivity index (χ0v) is 17.8. The standard InChI is InChI=1S/C21H23N3O5S/c1-21-12-16(15-11-14(24(25)26)5-7-17(15)29-21)22-20(30)23(21)9-8-13-4-6-18(27-2)19(10-13)28-3/h4-7,10-11,16H,8-9,12H2,1-3H3,(H,22,30)/t16-,21-/m0/s1. The van der Waals surface area contributed by atoms with Crippen LogP contribution < -0.4 is 19.5 Å². The number of fused-ring (bicyclic) bond motifs is 4. The topological polar surface area (TPSA) is 86.1 Å². The summed E-state index contributed by atoms with van der Waals surface area (Å²) in [6.07, 6.45) is 1.37. The van der Waals surface area contributed by atoms with Crippen molar-refractivity contribution in [2.75, 3.05) is 20.8 Å².